The van der Waals surface area contributed by atoms with Gasteiger partial charge in [-0.2, -0.15) is 5.10 Å². The highest BCUT2D eigenvalue weighted by Gasteiger charge is 2.51. The third kappa shape index (κ3) is 3.24. The highest BCUT2D eigenvalue weighted by molar-refractivity contribution is 5.91. The lowest BCUT2D eigenvalue weighted by Gasteiger charge is -2.21. The van der Waals surface area contributed by atoms with Gasteiger partial charge >= 0.3 is 0 Å². The number of hydrogen-bond acceptors (Lipinski definition) is 4. The maximum atomic E-state index is 13.1. The van der Waals surface area contributed by atoms with Crippen LogP contribution in [0.5, 0.6) is 0 Å². The minimum atomic E-state index is -0.323. The maximum Gasteiger partial charge on any atom is 0.230 e. The number of benzene rings is 1. The van der Waals surface area contributed by atoms with E-state index in [0.29, 0.717) is 0 Å². The maximum absolute atomic E-state index is 13.1. The number of nitrogens with zero attached hydrogens (tertiary/aromatic N) is 5. The van der Waals surface area contributed by atoms with E-state index in [2.05, 4.69) is 56.4 Å². The number of carbonyl (C=O) groups is 1. The van der Waals surface area contributed by atoms with Crippen LogP contribution in [0.25, 0.3) is 11.4 Å². The first-order valence-corrected chi connectivity index (χ1v) is 10.3. The van der Waals surface area contributed by atoms with Crippen LogP contribution in [0.3, 0.4) is 0 Å². The Labute approximate surface area is 170 Å². The van der Waals surface area contributed by atoms with Gasteiger partial charge in [0.25, 0.3) is 0 Å². The summed E-state index contributed by atoms with van der Waals surface area (Å²) in [5.41, 5.74) is 3.02. The summed E-state index contributed by atoms with van der Waals surface area (Å²) in [6, 6.07) is 8.57. The molecule has 0 radical (unpaired) electrons. The fourth-order valence-corrected chi connectivity index (χ4v) is 4.35. The van der Waals surface area contributed by atoms with Crippen molar-refractivity contribution in [2.45, 2.75) is 57.0 Å². The molecule has 3 heterocycles. The number of aromatic nitrogens is 5. The standard InChI is InChI=1S/C22H26N6O/c1-15-3-5-17(6-4-15)22(10-11-22)21(29)24-18-7-8-19-25-26-20(28(19)12-9-18)16-13-23-27(2)14-16/h3-6,13-14,18H,7-12H2,1-2H3,(H,24,29). The van der Waals surface area contributed by atoms with E-state index in [9.17, 15) is 4.79 Å². The van der Waals surface area contributed by atoms with Gasteiger partial charge in [0, 0.05) is 32.3 Å². The first-order valence-electron chi connectivity index (χ1n) is 10.3. The van der Waals surface area contributed by atoms with Gasteiger partial charge in [-0.3, -0.25) is 9.48 Å². The lowest BCUT2D eigenvalue weighted by molar-refractivity contribution is -0.124. The summed E-state index contributed by atoms with van der Waals surface area (Å²) in [5, 5.41) is 16.4. The number of nitrogens with one attached hydrogen (secondary N) is 1. The van der Waals surface area contributed by atoms with Crippen LogP contribution in [0.1, 0.15) is 42.6 Å². The van der Waals surface area contributed by atoms with Crippen molar-refractivity contribution in [2.24, 2.45) is 7.05 Å². The highest BCUT2D eigenvalue weighted by atomic mass is 16.2. The largest absolute Gasteiger partial charge is 0.353 e. The zero-order valence-corrected chi connectivity index (χ0v) is 16.9. The van der Waals surface area contributed by atoms with E-state index in [4.69, 9.17) is 0 Å². The molecule has 29 heavy (non-hydrogen) atoms. The zero-order chi connectivity index (χ0) is 20.0. The Morgan fingerprint density at radius 3 is 2.66 bits per heavy atom. The number of hydrogen-bond donors (Lipinski definition) is 1. The van der Waals surface area contributed by atoms with E-state index in [0.717, 1.165) is 61.4 Å². The van der Waals surface area contributed by atoms with Gasteiger partial charge in [-0.05, 0) is 38.2 Å². The monoisotopic (exact) mass is 390 g/mol. The molecule has 1 fully saturated rings. The highest BCUT2D eigenvalue weighted by Crippen LogP contribution is 2.48. The smallest absolute Gasteiger partial charge is 0.230 e. The molecule has 7 heteroatoms. The average molecular weight is 390 g/mol. The quantitative estimate of drug-likeness (QED) is 0.743. The molecule has 1 amide bonds. The summed E-state index contributed by atoms with van der Waals surface area (Å²) in [6.45, 7) is 2.88. The molecule has 2 aromatic heterocycles. The summed E-state index contributed by atoms with van der Waals surface area (Å²) < 4.78 is 3.95. The molecular formula is C22H26N6O. The van der Waals surface area contributed by atoms with Crippen molar-refractivity contribution < 1.29 is 4.79 Å². The fourth-order valence-electron chi connectivity index (χ4n) is 4.35. The lowest BCUT2D eigenvalue weighted by Crippen LogP contribution is -2.41. The SMILES string of the molecule is Cc1ccc(C2(C(=O)NC3CCc4nnc(-c5cnn(C)c5)n4CC3)CC2)cc1. The Hall–Kier alpha value is -2.96. The summed E-state index contributed by atoms with van der Waals surface area (Å²) in [4.78, 5) is 13.1. The Bertz CT molecular complexity index is 1040. The molecule has 150 valence electrons. The summed E-state index contributed by atoms with van der Waals surface area (Å²) in [6.07, 6.45) is 8.24. The number of fused-ring (bicyclic) bond motifs is 1. The van der Waals surface area contributed by atoms with Crippen molar-refractivity contribution in [1.82, 2.24) is 29.9 Å². The van der Waals surface area contributed by atoms with E-state index in [-0.39, 0.29) is 17.4 Å². The van der Waals surface area contributed by atoms with Crippen molar-refractivity contribution in [3.05, 3.63) is 53.6 Å². The van der Waals surface area contributed by atoms with Crippen LogP contribution in [-0.2, 0) is 30.2 Å². The Morgan fingerprint density at radius 2 is 1.97 bits per heavy atom. The molecule has 1 aromatic carbocycles. The van der Waals surface area contributed by atoms with Crippen molar-refractivity contribution in [3.8, 4) is 11.4 Å². The van der Waals surface area contributed by atoms with E-state index in [1.807, 2.05) is 19.4 Å². The number of rotatable bonds is 4. The molecule has 7 nitrogen and oxygen atoms in total. The van der Waals surface area contributed by atoms with Gasteiger partial charge in [-0.25, -0.2) is 0 Å². The molecular weight excluding hydrogens is 364 g/mol. The van der Waals surface area contributed by atoms with E-state index in [1.165, 1.54) is 5.56 Å². The predicted octanol–water partition coefficient (Wildman–Crippen LogP) is 2.54. The van der Waals surface area contributed by atoms with Crippen LogP contribution in [0.2, 0.25) is 0 Å². The van der Waals surface area contributed by atoms with Crippen LogP contribution in [-0.4, -0.2) is 36.5 Å². The molecule has 3 aromatic rings. The molecule has 0 bridgehead atoms. The van der Waals surface area contributed by atoms with Crippen LogP contribution < -0.4 is 5.32 Å². The molecule has 2 aliphatic rings. The Morgan fingerprint density at radius 1 is 1.17 bits per heavy atom. The zero-order valence-electron chi connectivity index (χ0n) is 16.9. The number of amides is 1. The van der Waals surface area contributed by atoms with Gasteiger partial charge in [0.05, 0.1) is 17.2 Å². The fraction of sp³-hybridized carbons (Fsp3) is 0.455. The number of carbonyl (C=O) groups excluding carboxylic acids is 1. The molecule has 0 spiro atoms. The molecule has 0 saturated heterocycles. The van der Waals surface area contributed by atoms with Gasteiger partial charge in [0.2, 0.25) is 5.91 Å². The molecule has 1 N–H and O–H groups in total. The van der Waals surface area contributed by atoms with Gasteiger partial charge in [0.15, 0.2) is 5.82 Å². The normalized spacial score (nSPS) is 20.0. The average Bonchev–Trinajstić information content (AvgIpc) is 3.33. The van der Waals surface area contributed by atoms with Crippen LogP contribution in [0, 0.1) is 6.92 Å². The molecule has 1 atom stereocenters. The first kappa shape index (κ1) is 18.1. The molecule has 1 aliphatic carbocycles. The minimum Gasteiger partial charge on any atom is -0.353 e. The van der Waals surface area contributed by atoms with Crippen molar-refractivity contribution in [1.29, 1.82) is 0 Å². The second-order valence-electron chi connectivity index (χ2n) is 8.44. The minimum absolute atomic E-state index is 0.161. The van der Waals surface area contributed by atoms with Gasteiger partial charge < -0.3 is 9.88 Å². The topological polar surface area (TPSA) is 77.6 Å². The van der Waals surface area contributed by atoms with Gasteiger partial charge in [0.1, 0.15) is 5.82 Å². The lowest BCUT2D eigenvalue weighted by atomic mass is 9.93. The number of aryl methyl sites for hydroxylation is 3. The van der Waals surface area contributed by atoms with E-state index < -0.39 is 0 Å². The van der Waals surface area contributed by atoms with Gasteiger partial charge in [-0.15, -0.1) is 10.2 Å². The molecule has 1 aliphatic heterocycles. The second kappa shape index (κ2) is 6.83. The molecule has 5 rings (SSSR count). The Kier molecular flexibility index (Phi) is 4.26. The summed E-state index contributed by atoms with van der Waals surface area (Å²) in [7, 11) is 1.90. The predicted molar refractivity (Wildman–Crippen MR) is 109 cm³/mol. The van der Waals surface area contributed by atoms with Gasteiger partial charge in [-0.1, -0.05) is 29.8 Å². The van der Waals surface area contributed by atoms with E-state index in [1.54, 1.807) is 4.68 Å². The molecule has 1 unspecified atom stereocenters. The first-order chi connectivity index (χ1) is 14.0. The second-order valence-corrected chi connectivity index (χ2v) is 8.44. The van der Waals surface area contributed by atoms with Crippen molar-refractivity contribution in [3.63, 3.8) is 0 Å². The van der Waals surface area contributed by atoms with Crippen LogP contribution in [0.15, 0.2) is 36.7 Å². The van der Waals surface area contributed by atoms with Crippen molar-refractivity contribution >= 4 is 5.91 Å². The van der Waals surface area contributed by atoms with Crippen LogP contribution >= 0.6 is 0 Å². The van der Waals surface area contributed by atoms with Crippen molar-refractivity contribution in [2.75, 3.05) is 0 Å². The molecule has 1 saturated carbocycles. The van der Waals surface area contributed by atoms with E-state index >= 15 is 0 Å². The summed E-state index contributed by atoms with van der Waals surface area (Å²) in [5.74, 6) is 2.02. The summed E-state index contributed by atoms with van der Waals surface area (Å²) >= 11 is 0. The third-order valence-electron chi connectivity index (χ3n) is 6.33. The Balaban J connectivity index is 1.29. The third-order valence-corrected chi connectivity index (χ3v) is 6.33. The van der Waals surface area contributed by atoms with Crippen LogP contribution in [0.4, 0.5) is 0 Å².